The summed E-state index contributed by atoms with van der Waals surface area (Å²) < 4.78 is 2.20. The average Bonchev–Trinajstić information content (AvgIpc) is 3.24. The van der Waals surface area contributed by atoms with Crippen LogP contribution in [0.1, 0.15) is 74.0 Å². The van der Waals surface area contributed by atoms with E-state index in [1.807, 2.05) is 36.4 Å². The fraction of sp³-hybridized carbons (Fsp3) is 0.375. The summed E-state index contributed by atoms with van der Waals surface area (Å²) in [7, 11) is 0. The van der Waals surface area contributed by atoms with E-state index in [-0.39, 0.29) is 42.3 Å². The van der Waals surface area contributed by atoms with Crippen LogP contribution in [0.5, 0.6) is 0 Å². The van der Waals surface area contributed by atoms with Crippen LogP contribution in [0.25, 0.3) is 11.0 Å². The van der Waals surface area contributed by atoms with Crippen LogP contribution in [-0.2, 0) is 4.79 Å². The maximum atomic E-state index is 13.0. The smallest absolute Gasteiger partial charge is 0.252 e. The number of aromatic nitrogens is 2. The van der Waals surface area contributed by atoms with E-state index in [2.05, 4.69) is 49.0 Å². The highest BCUT2D eigenvalue weighted by Crippen LogP contribution is 2.31. The molecule has 1 aliphatic heterocycles. The van der Waals surface area contributed by atoms with E-state index in [9.17, 15) is 9.59 Å². The molecule has 0 radical (unpaired) electrons. The molecule has 156 valence electrons. The summed E-state index contributed by atoms with van der Waals surface area (Å²) in [5.41, 5.74) is 3.53. The van der Waals surface area contributed by atoms with Crippen molar-refractivity contribution in [2.24, 2.45) is 5.92 Å². The average molecular weight is 405 g/mol. The summed E-state index contributed by atoms with van der Waals surface area (Å²) in [5, 5.41) is 6.11. The molecule has 0 fully saturated rings. The van der Waals surface area contributed by atoms with Crippen molar-refractivity contribution in [1.82, 2.24) is 20.2 Å². The third-order valence-corrected chi connectivity index (χ3v) is 5.68. The second-order valence-electron chi connectivity index (χ2n) is 8.53. The monoisotopic (exact) mass is 404 g/mol. The molecule has 0 aliphatic carbocycles. The van der Waals surface area contributed by atoms with Crippen LogP contribution in [0.3, 0.4) is 0 Å². The van der Waals surface area contributed by atoms with Gasteiger partial charge in [0.2, 0.25) is 5.91 Å². The van der Waals surface area contributed by atoms with Gasteiger partial charge in [0, 0.05) is 11.6 Å². The molecule has 6 nitrogen and oxygen atoms in total. The Kier molecular flexibility index (Phi) is 5.33. The normalized spacial score (nSPS) is 16.7. The maximum absolute atomic E-state index is 13.0. The van der Waals surface area contributed by atoms with Crippen LogP contribution in [0, 0.1) is 5.92 Å². The van der Waals surface area contributed by atoms with Crippen LogP contribution in [0.2, 0.25) is 0 Å². The predicted octanol–water partition coefficient (Wildman–Crippen LogP) is 4.31. The quantitative estimate of drug-likeness (QED) is 0.643. The molecule has 3 aromatic rings. The van der Waals surface area contributed by atoms with Gasteiger partial charge in [0.25, 0.3) is 5.91 Å². The van der Waals surface area contributed by atoms with Crippen molar-refractivity contribution < 1.29 is 9.59 Å². The summed E-state index contributed by atoms with van der Waals surface area (Å²) in [6.45, 7) is 8.42. The Morgan fingerprint density at radius 3 is 2.53 bits per heavy atom. The number of carbonyl (C=O) groups is 2. The molecule has 2 aromatic carbocycles. The standard InChI is InChI=1S/C24H28N4O2/c1-14(2)22(23-25-18-11-7-8-12-20(18)28(23)15(3)4)27-21(29)13-19-16-9-5-6-10-17(16)24(30)26-19/h5-12,14-15,19,22H,13H2,1-4H3,(H,26,30)(H,27,29)/t19-,22-/m0/s1. The molecule has 0 saturated heterocycles. The third kappa shape index (κ3) is 3.58. The number of nitrogens with one attached hydrogen (secondary N) is 2. The van der Waals surface area contributed by atoms with Gasteiger partial charge in [-0.15, -0.1) is 0 Å². The van der Waals surface area contributed by atoms with E-state index in [0.717, 1.165) is 22.4 Å². The first-order chi connectivity index (χ1) is 14.4. The van der Waals surface area contributed by atoms with Crippen molar-refractivity contribution in [2.45, 2.75) is 52.2 Å². The minimum Gasteiger partial charge on any atom is -0.346 e. The highest BCUT2D eigenvalue weighted by atomic mass is 16.2. The van der Waals surface area contributed by atoms with Crippen molar-refractivity contribution in [3.63, 3.8) is 0 Å². The van der Waals surface area contributed by atoms with Crippen LogP contribution in [0.4, 0.5) is 0 Å². The Morgan fingerprint density at radius 2 is 1.80 bits per heavy atom. The van der Waals surface area contributed by atoms with Crippen molar-refractivity contribution in [1.29, 1.82) is 0 Å². The van der Waals surface area contributed by atoms with Gasteiger partial charge < -0.3 is 15.2 Å². The Hall–Kier alpha value is -3.15. The summed E-state index contributed by atoms with van der Waals surface area (Å²) in [5.74, 6) is 0.808. The van der Waals surface area contributed by atoms with Crippen LogP contribution < -0.4 is 10.6 Å². The first-order valence-electron chi connectivity index (χ1n) is 10.5. The minimum absolute atomic E-state index is 0.0990. The zero-order valence-electron chi connectivity index (χ0n) is 17.8. The molecule has 1 aromatic heterocycles. The van der Waals surface area contributed by atoms with Crippen molar-refractivity contribution in [3.8, 4) is 0 Å². The number of nitrogens with zero attached hydrogens (tertiary/aromatic N) is 2. The molecule has 2 atom stereocenters. The van der Waals surface area contributed by atoms with Gasteiger partial charge in [-0.2, -0.15) is 0 Å². The Labute approximate surface area is 176 Å². The second-order valence-corrected chi connectivity index (χ2v) is 8.53. The zero-order valence-corrected chi connectivity index (χ0v) is 17.8. The number of amides is 2. The molecule has 6 heteroatoms. The number of para-hydroxylation sites is 2. The molecule has 2 N–H and O–H groups in total. The number of hydrogen-bond donors (Lipinski definition) is 2. The minimum atomic E-state index is -0.301. The van der Waals surface area contributed by atoms with E-state index >= 15 is 0 Å². The number of carbonyl (C=O) groups excluding carboxylic acids is 2. The van der Waals surface area contributed by atoms with Crippen LogP contribution >= 0.6 is 0 Å². The van der Waals surface area contributed by atoms with Gasteiger partial charge in [-0.3, -0.25) is 9.59 Å². The Bertz CT molecular complexity index is 1100. The van der Waals surface area contributed by atoms with Crippen LogP contribution in [0.15, 0.2) is 48.5 Å². The number of benzene rings is 2. The van der Waals surface area contributed by atoms with E-state index in [0.29, 0.717) is 5.56 Å². The van der Waals surface area contributed by atoms with Crippen molar-refractivity contribution in [2.75, 3.05) is 0 Å². The molecule has 0 bridgehead atoms. The highest BCUT2D eigenvalue weighted by Gasteiger charge is 2.31. The molecule has 1 aliphatic rings. The van der Waals surface area contributed by atoms with Crippen molar-refractivity contribution >= 4 is 22.8 Å². The van der Waals surface area contributed by atoms with E-state index < -0.39 is 0 Å². The van der Waals surface area contributed by atoms with Crippen molar-refractivity contribution in [3.05, 3.63) is 65.5 Å². The van der Waals surface area contributed by atoms with E-state index in [1.54, 1.807) is 6.07 Å². The number of hydrogen-bond acceptors (Lipinski definition) is 3. The molecule has 2 amide bonds. The number of rotatable bonds is 6. The highest BCUT2D eigenvalue weighted by molar-refractivity contribution is 5.99. The fourth-order valence-electron chi connectivity index (χ4n) is 4.25. The number of imidazole rings is 1. The van der Waals surface area contributed by atoms with Gasteiger partial charge in [0.15, 0.2) is 0 Å². The SMILES string of the molecule is CC(C)[C@H](NC(=O)C[C@@H]1NC(=O)c2ccccc21)c1nc2ccccc2n1C(C)C. The third-order valence-electron chi connectivity index (χ3n) is 5.68. The van der Waals surface area contributed by atoms with E-state index in [4.69, 9.17) is 4.98 Å². The summed E-state index contributed by atoms with van der Waals surface area (Å²) in [6.07, 6.45) is 0.202. The first kappa shape index (κ1) is 20.1. The van der Waals surface area contributed by atoms with Gasteiger partial charge in [-0.25, -0.2) is 4.98 Å². The molecular weight excluding hydrogens is 376 g/mol. The van der Waals surface area contributed by atoms with Gasteiger partial charge in [0.05, 0.1) is 29.5 Å². The van der Waals surface area contributed by atoms with Gasteiger partial charge >= 0.3 is 0 Å². The Morgan fingerprint density at radius 1 is 1.10 bits per heavy atom. The Balaban J connectivity index is 1.60. The summed E-state index contributed by atoms with van der Waals surface area (Å²) in [6, 6.07) is 15.2. The zero-order chi connectivity index (χ0) is 21.4. The molecular formula is C24H28N4O2. The largest absolute Gasteiger partial charge is 0.346 e. The van der Waals surface area contributed by atoms with E-state index in [1.165, 1.54) is 0 Å². The first-order valence-corrected chi connectivity index (χ1v) is 10.5. The lowest BCUT2D eigenvalue weighted by Crippen LogP contribution is -2.36. The van der Waals surface area contributed by atoms with Gasteiger partial charge in [0.1, 0.15) is 5.82 Å². The second kappa shape index (κ2) is 7.94. The molecule has 30 heavy (non-hydrogen) atoms. The lowest BCUT2D eigenvalue weighted by Gasteiger charge is -2.25. The molecule has 0 spiro atoms. The van der Waals surface area contributed by atoms with Gasteiger partial charge in [-0.05, 0) is 43.5 Å². The van der Waals surface area contributed by atoms with Gasteiger partial charge in [-0.1, -0.05) is 44.2 Å². The maximum Gasteiger partial charge on any atom is 0.252 e. The predicted molar refractivity (Wildman–Crippen MR) is 117 cm³/mol. The molecule has 0 saturated carbocycles. The summed E-state index contributed by atoms with van der Waals surface area (Å²) >= 11 is 0. The lowest BCUT2D eigenvalue weighted by molar-refractivity contribution is -0.122. The fourth-order valence-corrected chi connectivity index (χ4v) is 4.25. The molecule has 2 heterocycles. The number of fused-ring (bicyclic) bond motifs is 2. The summed E-state index contributed by atoms with van der Waals surface area (Å²) in [4.78, 5) is 30.0. The lowest BCUT2D eigenvalue weighted by atomic mass is 10.0. The molecule has 4 rings (SSSR count). The topological polar surface area (TPSA) is 76.0 Å². The molecule has 0 unspecified atom stereocenters. The van der Waals surface area contributed by atoms with Crippen LogP contribution in [-0.4, -0.2) is 21.4 Å².